The van der Waals surface area contributed by atoms with Gasteiger partial charge in [0, 0.05) is 10.8 Å². The highest BCUT2D eigenvalue weighted by molar-refractivity contribution is 7.13. The van der Waals surface area contributed by atoms with Crippen LogP contribution in [0.25, 0.3) is 32.1 Å². The van der Waals surface area contributed by atoms with Crippen LogP contribution >= 0.6 is 11.3 Å². The predicted molar refractivity (Wildman–Crippen MR) is 122 cm³/mol. The number of hydrogen-bond acceptors (Lipinski definition) is 4. The number of rotatable bonds is 3. The van der Waals surface area contributed by atoms with Crippen molar-refractivity contribution in [1.29, 1.82) is 0 Å². The molecule has 2 aromatic heterocycles. The van der Waals surface area contributed by atoms with Crippen LogP contribution in [-0.2, 0) is 18.5 Å². The Morgan fingerprint density at radius 2 is 1.21 bits per heavy atom. The molecule has 3 aromatic carbocycles. The van der Waals surface area contributed by atoms with Crippen LogP contribution in [0.5, 0.6) is 11.6 Å². The average molecular weight is 558 g/mol. The van der Waals surface area contributed by atoms with E-state index in [0.717, 1.165) is 0 Å². The van der Waals surface area contributed by atoms with Crippen molar-refractivity contribution >= 4 is 32.9 Å². The van der Waals surface area contributed by atoms with Gasteiger partial charge in [-0.1, -0.05) is 30.3 Å². The van der Waals surface area contributed by atoms with E-state index >= 15 is 0 Å². The van der Waals surface area contributed by atoms with Gasteiger partial charge in [-0.15, -0.1) is 21.5 Å². The van der Waals surface area contributed by atoms with E-state index in [1.807, 2.05) is 0 Å². The van der Waals surface area contributed by atoms with Gasteiger partial charge in [0.2, 0.25) is 5.88 Å². The topological polar surface area (TPSA) is 35.0 Å². The Labute approximate surface area is 211 Å². The lowest BCUT2D eigenvalue weighted by Gasteiger charge is -2.21. The Bertz CT molecular complexity index is 1620. The first kappa shape index (κ1) is 25.8. The van der Waals surface area contributed by atoms with E-state index in [2.05, 4.69) is 10.2 Å². The molecule has 0 spiro atoms. The summed E-state index contributed by atoms with van der Waals surface area (Å²) < 4.78 is 128. The van der Waals surface area contributed by atoms with Crippen molar-refractivity contribution in [2.45, 2.75) is 18.5 Å². The highest BCUT2D eigenvalue weighted by atomic mass is 32.1. The van der Waals surface area contributed by atoms with Crippen molar-refractivity contribution in [1.82, 2.24) is 10.2 Å². The van der Waals surface area contributed by atoms with Crippen LogP contribution in [0.1, 0.15) is 16.7 Å². The molecule has 3 nitrogen and oxygen atoms in total. The molecule has 0 amide bonds. The van der Waals surface area contributed by atoms with Gasteiger partial charge >= 0.3 is 18.5 Å². The van der Waals surface area contributed by atoms with E-state index in [4.69, 9.17) is 4.74 Å². The summed E-state index contributed by atoms with van der Waals surface area (Å²) >= 11 is 1.27. The summed E-state index contributed by atoms with van der Waals surface area (Å²) in [5, 5.41) is 11.1. The summed E-state index contributed by atoms with van der Waals surface area (Å²) in [5.74, 6) is -2.59. The highest BCUT2D eigenvalue weighted by Crippen LogP contribution is 2.49. The lowest BCUT2D eigenvalue weighted by Crippen LogP contribution is -2.18. The van der Waals surface area contributed by atoms with Crippen LogP contribution in [0.15, 0.2) is 66.0 Å². The molecule has 0 aliphatic carbocycles. The van der Waals surface area contributed by atoms with Gasteiger partial charge in [-0.25, -0.2) is 0 Å². The van der Waals surface area contributed by atoms with Crippen molar-refractivity contribution in [3.63, 3.8) is 0 Å². The molecule has 5 rings (SSSR count). The predicted octanol–water partition coefficient (Wildman–Crippen LogP) is 9.36. The Hall–Kier alpha value is -3.87. The number of ether oxygens (including phenoxy) is 1. The minimum atomic E-state index is -5.62. The molecule has 0 aliphatic rings. The molecule has 38 heavy (non-hydrogen) atoms. The maximum atomic E-state index is 13.8. The largest absolute Gasteiger partial charge is 0.436 e. The molecule has 0 saturated heterocycles. The van der Waals surface area contributed by atoms with Crippen molar-refractivity contribution in [2.75, 3.05) is 0 Å². The highest BCUT2D eigenvalue weighted by Gasteiger charge is 2.46. The minimum Gasteiger partial charge on any atom is -0.436 e. The van der Waals surface area contributed by atoms with Gasteiger partial charge in [-0.3, -0.25) is 0 Å². The zero-order valence-corrected chi connectivity index (χ0v) is 19.3. The van der Waals surface area contributed by atoms with E-state index in [-0.39, 0.29) is 5.39 Å². The monoisotopic (exact) mass is 558 g/mol. The Morgan fingerprint density at radius 1 is 0.632 bits per heavy atom. The number of thiophene rings is 1. The smallest absolute Gasteiger partial charge is 0.420 e. The molecule has 2 heterocycles. The maximum Gasteiger partial charge on any atom is 0.420 e. The summed E-state index contributed by atoms with van der Waals surface area (Å²) in [5.41, 5.74) is -6.33. The summed E-state index contributed by atoms with van der Waals surface area (Å²) in [7, 11) is 0. The lowest BCUT2D eigenvalue weighted by atomic mass is 10.0. The normalized spacial score (nSPS) is 12.9. The van der Waals surface area contributed by atoms with Gasteiger partial charge in [0.15, 0.2) is 5.75 Å². The molecule has 0 saturated carbocycles. The maximum absolute atomic E-state index is 13.8. The van der Waals surface area contributed by atoms with Gasteiger partial charge < -0.3 is 4.74 Å². The molecular weight excluding hydrogens is 547 g/mol. The second-order valence-corrected chi connectivity index (χ2v) is 9.02. The molecule has 0 atom stereocenters. The molecule has 13 heteroatoms. The summed E-state index contributed by atoms with van der Waals surface area (Å²) in [6.45, 7) is 0. The Balaban J connectivity index is 1.80. The second-order valence-electron chi connectivity index (χ2n) is 8.07. The average Bonchev–Trinajstić information content (AvgIpc) is 3.35. The molecule has 5 aromatic rings. The van der Waals surface area contributed by atoms with Gasteiger partial charge in [-0.05, 0) is 46.5 Å². The molecule has 0 fully saturated rings. The molecule has 0 bridgehead atoms. The van der Waals surface area contributed by atoms with Gasteiger partial charge in [0.1, 0.15) is 5.69 Å². The molecular formula is C25H11F9N2OS. The fourth-order valence-corrected chi connectivity index (χ4v) is 4.63. The number of alkyl halides is 9. The van der Waals surface area contributed by atoms with Gasteiger partial charge in [0.25, 0.3) is 0 Å². The molecule has 0 unspecified atom stereocenters. The molecule has 196 valence electrons. The number of benzene rings is 3. The summed E-state index contributed by atoms with van der Waals surface area (Å²) in [6, 6.07) is 12.5. The molecule has 0 aliphatic heterocycles. The van der Waals surface area contributed by atoms with Crippen LogP contribution in [0, 0.1) is 0 Å². The van der Waals surface area contributed by atoms with E-state index < -0.39 is 59.0 Å². The number of fused-ring (bicyclic) bond motifs is 2. The van der Waals surface area contributed by atoms with Crippen LogP contribution in [-0.4, -0.2) is 10.2 Å². The first-order valence-electron chi connectivity index (χ1n) is 10.5. The van der Waals surface area contributed by atoms with Crippen molar-refractivity contribution in [2.24, 2.45) is 0 Å². The molecule has 0 N–H and O–H groups in total. The van der Waals surface area contributed by atoms with Crippen molar-refractivity contribution in [3.05, 3.63) is 82.7 Å². The van der Waals surface area contributed by atoms with E-state index in [1.165, 1.54) is 17.4 Å². The third-order valence-electron chi connectivity index (χ3n) is 5.59. The van der Waals surface area contributed by atoms with Crippen molar-refractivity contribution in [3.8, 4) is 22.2 Å². The van der Waals surface area contributed by atoms with Crippen molar-refractivity contribution < 1.29 is 44.3 Å². The van der Waals surface area contributed by atoms with Crippen LogP contribution < -0.4 is 4.74 Å². The van der Waals surface area contributed by atoms with Gasteiger partial charge in [-0.2, -0.15) is 39.5 Å². The zero-order chi connectivity index (χ0) is 27.5. The minimum absolute atomic E-state index is 0.0169. The third-order valence-corrected chi connectivity index (χ3v) is 6.47. The number of nitrogens with zero attached hydrogens (tertiary/aromatic N) is 2. The quantitative estimate of drug-likeness (QED) is 0.164. The van der Waals surface area contributed by atoms with E-state index in [9.17, 15) is 39.5 Å². The van der Waals surface area contributed by atoms with Crippen LogP contribution in [0.3, 0.4) is 0 Å². The zero-order valence-electron chi connectivity index (χ0n) is 18.5. The number of aromatic nitrogens is 2. The number of hydrogen-bond donors (Lipinski definition) is 0. The van der Waals surface area contributed by atoms with E-state index in [1.54, 1.807) is 47.8 Å². The van der Waals surface area contributed by atoms with Crippen LogP contribution in [0.2, 0.25) is 0 Å². The second kappa shape index (κ2) is 8.86. The fourth-order valence-electron chi connectivity index (χ4n) is 3.91. The third kappa shape index (κ3) is 4.73. The first-order chi connectivity index (χ1) is 17.7. The molecule has 0 radical (unpaired) electrons. The fraction of sp³-hybridized carbons (Fsp3) is 0.120. The Kier molecular flexibility index (Phi) is 6.01. The first-order valence-corrected chi connectivity index (χ1v) is 11.4. The van der Waals surface area contributed by atoms with E-state index in [0.29, 0.717) is 26.7 Å². The van der Waals surface area contributed by atoms with Crippen LogP contribution in [0.4, 0.5) is 39.5 Å². The SMILES string of the molecule is FC(F)(F)c1cc(C(F)(F)F)c(Oc2nnc(-c3cccs3)c3cc4ccccc4cc23)c(C(F)(F)F)c1. The summed E-state index contributed by atoms with van der Waals surface area (Å²) in [4.78, 5) is 0.617. The Morgan fingerprint density at radius 3 is 1.71 bits per heavy atom. The summed E-state index contributed by atoms with van der Waals surface area (Å²) in [6.07, 6.45) is -16.7. The number of halogens is 9. The van der Waals surface area contributed by atoms with Gasteiger partial charge in [0.05, 0.1) is 21.6 Å². The lowest BCUT2D eigenvalue weighted by molar-refractivity contribution is -0.149. The standard InChI is InChI=1S/C25H11F9N2OS/c26-23(27,28)14-10-17(24(29,30)31)21(18(11-14)25(32,33)34)37-22-16-9-13-5-2-1-4-12(13)8-15(16)20(35-36-22)19-6-3-7-38-19/h1-11H.